The molecule has 0 aliphatic carbocycles. The fourth-order valence-electron chi connectivity index (χ4n) is 4.22. The SMILES string of the molecule is CC(=S)NC[C@H]1CN(c2ccc(N3CCN(c4cccc(C)c4C)CC3)cc2)C(=O)O1. The van der Waals surface area contributed by atoms with Crippen molar-refractivity contribution < 1.29 is 9.53 Å². The number of hydrogen-bond donors (Lipinski definition) is 1. The van der Waals surface area contributed by atoms with Gasteiger partial charge in [0.15, 0.2) is 0 Å². The van der Waals surface area contributed by atoms with Gasteiger partial charge in [0.1, 0.15) is 6.10 Å². The van der Waals surface area contributed by atoms with Crippen LogP contribution in [0.3, 0.4) is 0 Å². The summed E-state index contributed by atoms with van der Waals surface area (Å²) in [6.45, 7) is 11.2. The van der Waals surface area contributed by atoms with Crippen molar-refractivity contribution in [2.24, 2.45) is 0 Å². The van der Waals surface area contributed by atoms with E-state index in [-0.39, 0.29) is 12.2 Å². The average Bonchev–Trinajstić information content (AvgIpc) is 3.15. The predicted octanol–water partition coefficient (Wildman–Crippen LogP) is 3.89. The van der Waals surface area contributed by atoms with Gasteiger partial charge in [0.2, 0.25) is 0 Å². The lowest BCUT2D eigenvalue weighted by Crippen LogP contribution is -2.46. The molecule has 0 saturated carbocycles. The van der Waals surface area contributed by atoms with Crippen LogP contribution in [0, 0.1) is 13.8 Å². The van der Waals surface area contributed by atoms with E-state index in [0.29, 0.717) is 18.1 Å². The highest BCUT2D eigenvalue weighted by molar-refractivity contribution is 7.80. The number of carbonyl (C=O) groups excluding carboxylic acids is 1. The average molecular weight is 439 g/mol. The third-order valence-corrected chi connectivity index (χ3v) is 6.32. The molecule has 2 aliphatic heterocycles. The molecule has 0 bridgehead atoms. The molecular weight excluding hydrogens is 408 g/mol. The van der Waals surface area contributed by atoms with Crippen molar-refractivity contribution in [2.45, 2.75) is 26.9 Å². The van der Waals surface area contributed by atoms with Crippen LogP contribution in [0.5, 0.6) is 0 Å². The molecule has 4 rings (SSSR count). The second-order valence-corrected chi connectivity index (χ2v) is 8.88. The van der Waals surface area contributed by atoms with Gasteiger partial charge in [0.25, 0.3) is 0 Å². The molecule has 2 saturated heterocycles. The molecule has 0 aromatic heterocycles. The molecule has 2 aromatic carbocycles. The summed E-state index contributed by atoms with van der Waals surface area (Å²) >= 11 is 5.03. The zero-order valence-corrected chi connectivity index (χ0v) is 19.2. The molecule has 0 unspecified atom stereocenters. The number of nitrogens with one attached hydrogen (secondary N) is 1. The molecule has 0 radical (unpaired) electrons. The summed E-state index contributed by atoms with van der Waals surface area (Å²) in [6, 6.07) is 14.7. The third kappa shape index (κ3) is 4.77. The molecule has 2 fully saturated rings. The van der Waals surface area contributed by atoms with Gasteiger partial charge in [-0.05, 0) is 62.2 Å². The summed E-state index contributed by atoms with van der Waals surface area (Å²) in [4.78, 5) is 19.5. The molecule has 1 amide bonds. The summed E-state index contributed by atoms with van der Waals surface area (Å²) in [5.74, 6) is 0. The molecule has 2 aliphatic rings. The number of nitrogens with zero attached hydrogens (tertiary/aromatic N) is 3. The van der Waals surface area contributed by atoms with Crippen molar-refractivity contribution in [3.05, 3.63) is 53.6 Å². The molecule has 164 valence electrons. The Morgan fingerprint density at radius 3 is 2.35 bits per heavy atom. The molecule has 31 heavy (non-hydrogen) atoms. The van der Waals surface area contributed by atoms with Gasteiger partial charge >= 0.3 is 6.09 Å². The third-order valence-electron chi connectivity index (χ3n) is 6.18. The van der Waals surface area contributed by atoms with Gasteiger partial charge in [-0.2, -0.15) is 0 Å². The Hall–Kier alpha value is -2.80. The number of amides is 1. The van der Waals surface area contributed by atoms with Gasteiger partial charge in [-0.15, -0.1) is 0 Å². The molecule has 0 spiro atoms. The predicted molar refractivity (Wildman–Crippen MR) is 131 cm³/mol. The second kappa shape index (κ2) is 9.14. The summed E-state index contributed by atoms with van der Waals surface area (Å²) < 4.78 is 5.45. The maximum Gasteiger partial charge on any atom is 0.414 e. The van der Waals surface area contributed by atoms with Crippen LogP contribution >= 0.6 is 12.2 Å². The number of benzene rings is 2. The minimum absolute atomic E-state index is 0.191. The number of cyclic esters (lactones) is 1. The van der Waals surface area contributed by atoms with E-state index in [1.165, 1.54) is 22.5 Å². The zero-order valence-electron chi connectivity index (χ0n) is 18.4. The fourth-order valence-corrected chi connectivity index (χ4v) is 4.31. The van der Waals surface area contributed by atoms with E-state index in [1.807, 2.05) is 19.1 Å². The lowest BCUT2D eigenvalue weighted by atomic mass is 10.1. The van der Waals surface area contributed by atoms with E-state index < -0.39 is 0 Å². The van der Waals surface area contributed by atoms with Gasteiger partial charge in [-0.3, -0.25) is 4.90 Å². The first-order valence-electron chi connectivity index (χ1n) is 10.8. The van der Waals surface area contributed by atoms with Crippen molar-refractivity contribution in [1.82, 2.24) is 5.32 Å². The Balaban J connectivity index is 1.35. The number of aryl methyl sites for hydroxylation is 1. The monoisotopic (exact) mass is 438 g/mol. The largest absolute Gasteiger partial charge is 0.442 e. The van der Waals surface area contributed by atoms with Crippen molar-refractivity contribution in [3.63, 3.8) is 0 Å². The van der Waals surface area contributed by atoms with E-state index in [1.54, 1.807) is 4.90 Å². The summed E-state index contributed by atoms with van der Waals surface area (Å²) in [6.07, 6.45) is -0.494. The minimum Gasteiger partial charge on any atom is -0.442 e. The molecule has 1 N–H and O–H groups in total. The molecule has 7 heteroatoms. The van der Waals surface area contributed by atoms with Gasteiger partial charge in [-0.1, -0.05) is 24.4 Å². The van der Waals surface area contributed by atoms with Gasteiger partial charge in [0.05, 0.1) is 18.1 Å². The Morgan fingerprint density at radius 2 is 1.68 bits per heavy atom. The number of carbonyl (C=O) groups is 1. The van der Waals surface area contributed by atoms with E-state index in [4.69, 9.17) is 17.0 Å². The van der Waals surface area contributed by atoms with E-state index >= 15 is 0 Å². The van der Waals surface area contributed by atoms with Gasteiger partial charge in [0, 0.05) is 43.2 Å². The van der Waals surface area contributed by atoms with Gasteiger partial charge in [-0.25, -0.2) is 4.79 Å². The quantitative estimate of drug-likeness (QED) is 0.715. The second-order valence-electron chi connectivity index (χ2n) is 8.26. The molecule has 2 heterocycles. The van der Waals surface area contributed by atoms with Crippen LogP contribution < -0.4 is 20.0 Å². The van der Waals surface area contributed by atoms with Crippen molar-refractivity contribution in [1.29, 1.82) is 0 Å². The number of thiocarbonyl (C=S) groups is 1. The molecule has 1 atom stereocenters. The van der Waals surface area contributed by atoms with Crippen molar-refractivity contribution >= 4 is 40.4 Å². The van der Waals surface area contributed by atoms with Crippen LogP contribution in [-0.2, 0) is 4.74 Å². The smallest absolute Gasteiger partial charge is 0.414 e. The van der Waals surface area contributed by atoms with Gasteiger partial charge < -0.3 is 19.9 Å². The fraction of sp³-hybridized carbons (Fsp3) is 0.417. The number of piperazine rings is 1. The number of ether oxygens (including phenoxy) is 1. The topological polar surface area (TPSA) is 48.0 Å². The van der Waals surface area contributed by atoms with Crippen LogP contribution in [0.4, 0.5) is 21.9 Å². The van der Waals surface area contributed by atoms with Crippen LogP contribution in [0.15, 0.2) is 42.5 Å². The lowest BCUT2D eigenvalue weighted by molar-refractivity contribution is 0.143. The van der Waals surface area contributed by atoms with Crippen LogP contribution in [0.2, 0.25) is 0 Å². The summed E-state index contributed by atoms with van der Waals surface area (Å²) in [7, 11) is 0. The van der Waals surface area contributed by atoms with Crippen LogP contribution in [0.25, 0.3) is 0 Å². The lowest BCUT2D eigenvalue weighted by Gasteiger charge is -2.38. The van der Waals surface area contributed by atoms with Crippen molar-refractivity contribution in [2.75, 3.05) is 54.0 Å². The first kappa shape index (κ1) is 21.4. The van der Waals surface area contributed by atoms with Crippen LogP contribution in [-0.4, -0.2) is 56.5 Å². The van der Waals surface area contributed by atoms with Crippen LogP contribution in [0.1, 0.15) is 18.1 Å². The Labute approximate surface area is 189 Å². The van der Waals surface area contributed by atoms with E-state index in [0.717, 1.165) is 31.9 Å². The highest BCUT2D eigenvalue weighted by atomic mass is 32.1. The minimum atomic E-state index is -0.302. The Bertz CT molecular complexity index is 955. The Kier molecular flexibility index (Phi) is 6.32. The van der Waals surface area contributed by atoms with E-state index in [9.17, 15) is 4.79 Å². The first-order valence-corrected chi connectivity index (χ1v) is 11.2. The molecule has 6 nitrogen and oxygen atoms in total. The maximum absolute atomic E-state index is 12.3. The number of rotatable bonds is 5. The normalized spacial score (nSPS) is 18.9. The zero-order chi connectivity index (χ0) is 22.0. The first-order chi connectivity index (χ1) is 14.9. The standard InChI is InChI=1S/C24H30N4O2S/c1-17-5-4-6-23(18(17)2)27-13-11-26(12-14-27)20-7-9-21(10-8-20)28-16-22(30-24(28)29)15-25-19(3)31/h4-10,22H,11-16H2,1-3H3,(H,25,31)/t22-/m0/s1. The highest BCUT2D eigenvalue weighted by Gasteiger charge is 2.32. The number of hydrogen-bond acceptors (Lipinski definition) is 5. The molecule has 2 aromatic rings. The number of anilines is 3. The molecular formula is C24H30N4O2S. The van der Waals surface area contributed by atoms with Crippen molar-refractivity contribution in [3.8, 4) is 0 Å². The summed E-state index contributed by atoms with van der Waals surface area (Å²) in [5.41, 5.74) is 6.10. The maximum atomic E-state index is 12.3. The summed E-state index contributed by atoms with van der Waals surface area (Å²) in [5, 5.41) is 3.07. The Morgan fingerprint density at radius 1 is 1.03 bits per heavy atom. The highest BCUT2D eigenvalue weighted by Crippen LogP contribution is 2.28. The van der Waals surface area contributed by atoms with E-state index in [2.05, 4.69) is 59.3 Å².